The normalized spacial score (nSPS) is 11.4. The molecule has 0 aliphatic rings. The Hall–Kier alpha value is -4.09. The summed E-state index contributed by atoms with van der Waals surface area (Å²) in [4.78, 5) is 12.4. The molecule has 0 radical (unpaired) electrons. The number of phenols is 1. The van der Waals surface area contributed by atoms with Gasteiger partial charge in [0.15, 0.2) is 0 Å². The van der Waals surface area contributed by atoms with E-state index in [1.165, 1.54) is 54.6 Å². The van der Waals surface area contributed by atoms with E-state index in [2.05, 4.69) is 5.32 Å². The van der Waals surface area contributed by atoms with Gasteiger partial charge in [-0.25, -0.2) is 0 Å². The zero-order chi connectivity index (χ0) is 22.4. The van der Waals surface area contributed by atoms with E-state index in [1.807, 2.05) is 6.92 Å². The Labute approximate surface area is 180 Å². The number of amides is 1. The lowest BCUT2D eigenvalue weighted by Crippen LogP contribution is -2.13. The number of phenolic OH excluding ortho intramolecular Hbond substituents is 1. The minimum atomic E-state index is -4.10. The van der Waals surface area contributed by atoms with Gasteiger partial charge in [0, 0.05) is 11.3 Å². The molecular formula is C23H18N2O5S. The summed E-state index contributed by atoms with van der Waals surface area (Å²) in [6, 6.07) is 19.9. The van der Waals surface area contributed by atoms with Gasteiger partial charge in [-0.2, -0.15) is 13.7 Å². The quantitative estimate of drug-likeness (QED) is 0.262. The SMILES string of the molecule is Cc1ccc(S(=O)(=O)Oc2ccccc2/C=C(\C#N)C(=O)Nc2ccc(O)cc2)cc1. The number of carbonyl (C=O) groups excluding carboxylic acids is 1. The molecule has 0 aliphatic heterocycles. The molecule has 3 aromatic rings. The van der Waals surface area contributed by atoms with Gasteiger partial charge in [0.25, 0.3) is 5.91 Å². The van der Waals surface area contributed by atoms with E-state index in [1.54, 1.807) is 30.3 Å². The highest BCUT2D eigenvalue weighted by atomic mass is 32.2. The molecule has 0 fully saturated rings. The molecule has 0 aliphatic carbocycles. The summed E-state index contributed by atoms with van der Waals surface area (Å²) in [5.41, 5.74) is 1.28. The van der Waals surface area contributed by atoms with Crippen molar-refractivity contribution in [2.24, 2.45) is 0 Å². The first-order valence-corrected chi connectivity index (χ1v) is 10.5. The zero-order valence-electron chi connectivity index (χ0n) is 16.4. The second kappa shape index (κ2) is 9.15. The number of hydrogen-bond donors (Lipinski definition) is 2. The number of rotatable bonds is 6. The lowest BCUT2D eigenvalue weighted by molar-refractivity contribution is -0.112. The number of para-hydroxylation sites is 1. The Kier molecular flexibility index (Phi) is 6.38. The summed E-state index contributed by atoms with van der Waals surface area (Å²) in [6.45, 7) is 1.84. The van der Waals surface area contributed by atoms with Crippen molar-refractivity contribution in [2.75, 3.05) is 5.32 Å². The molecule has 0 saturated carbocycles. The summed E-state index contributed by atoms with van der Waals surface area (Å²) in [7, 11) is -4.10. The van der Waals surface area contributed by atoms with Crippen molar-refractivity contribution >= 4 is 27.8 Å². The first-order chi connectivity index (χ1) is 14.8. The summed E-state index contributed by atoms with van der Waals surface area (Å²) in [5.74, 6) is -0.674. The van der Waals surface area contributed by atoms with E-state index in [0.717, 1.165) is 5.56 Å². The fraction of sp³-hybridized carbons (Fsp3) is 0.0435. The number of hydrogen-bond acceptors (Lipinski definition) is 6. The van der Waals surface area contributed by atoms with Crippen LogP contribution in [-0.4, -0.2) is 19.4 Å². The van der Waals surface area contributed by atoms with E-state index in [-0.39, 0.29) is 27.5 Å². The fourth-order valence-electron chi connectivity index (χ4n) is 2.59. The largest absolute Gasteiger partial charge is 0.508 e. The van der Waals surface area contributed by atoms with E-state index in [9.17, 15) is 23.6 Å². The number of nitrogens with one attached hydrogen (secondary N) is 1. The van der Waals surface area contributed by atoms with Gasteiger partial charge in [-0.15, -0.1) is 0 Å². The summed E-state index contributed by atoms with van der Waals surface area (Å²) in [6.07, 6.45) is 1.25. The Morgan fingerprint density at radius 1 is 1.03 bits per heavy atom. The number of nitrogens with zero attached hydrogens (tertiary/aromatic N) is 1. The van der Waals surface area contributed by atoms with Crippen LogP contribution in [0.25, 0.3) is 6.08 Å². The number of aromatic hydroxyl groups is 1. The maximum atomic E-state index is 12.6. The van der Waals surface area contributed by atoms with E-state index in [0.29, 0.717) is 5.69 Å². The molecule has 2 N–H and O–H groups in total. The highest BCUT2D eigenvalue weighted by molar-refractivity contribution is 7.87. The molecule has 1 amide bonds. The van der Waals surface area contributed by atoms with Crippen LogP contribution in [0.5, 0.6) is 11.5 Å². The summed E-state index contributed by atoms with van der Waals surface area (Å²) in [5, 5.41) is 21.3. The monoisotopic (exact) mass is 434 g/mol. The maximum absolute atomic E-state index is 12.6. The highest BCUT2D eigenvalue weighted by Gasteiger charge is 2.19. The van der Waals surface area contributed by atoms with Crippen LogP contribution in [-0.2, 0) is 14.9 Å². The molecule has 31 heavy (non-hydrogen) atoms. The molecular weight excluding hydrogens is 416 g/mol. The Balaban J connectivity index is 1.88. The second-order valence-corrected chi connectivity index (χ2v) is 8.11. The molecule has 0 spiro atoms. The number of benzene rings is 3. The van der Waals surface area contributed by atoms with Gasteiger partial charge in [0.05, 0.1) is 0 Å². The molecule has 3 rings (SSSR count). The maximum Gasteiger partial charge on any atom is 0.339 e. The average molecular weight is 434 g/mol. The molecule has 0 atom stereocenters. The van der Waals surface area contributed by atoms with Crippen LogP contribution in [0.3, 0.4) is 0 Å². The van der Waals surface area contributed by atoms with E-state index < -0.39 is 16.0 Å². The van der Waals surface area contributed by atoms with E-state index >= 15 is 0 Å². The van der Waals surface area contributed by atoms with Crippen LogP contribution >= 0.6 is 0 Å². The molecule has 156 valence electrons. The van der Waals surface area contributed by atoms with Crippen molar-refractivity contribution in [3.8, 4) is 17.6 Å². The van der Waals surface area contributed by atoms with Crippen LogP contribution in [0.2, 0.25) is 0 Å². The van der Waals surface area contributed by atoms with Gasteiger partial charge < -0.3 is 14.6 Å². The predicted molar refractivity (Wildman–Crippen MR) is 116 cm³/mol. The predicted octanol–water partition coefficient (Wildman–Crippen LogP) is 4.01. The van der Waals surface area contributed by atoms with Crippen LogP contribution < -0.4 is 9.50 Å². The van der Waals surface area contributed by atoms with Gasteiger partial charge >= 0.3 is 10.1 Å². The van der Waals surface area contributed by atoms with E-state index in [4.69, 9.17) is 4.18 Å². The molecule has 0 heterocycles. The van der Waals surface area contributed by atoms with Crippen molar-refractivity contribution in [1.29, 1.82) is 5.26 Å². The van der Waals surface area contributed by atoms with Crippen molar-refractivity contribution in [1.82, 2.24) is 0 Å². The van der Waals surface area contributed by atoms with Gasteiger partial charge in [0.2, 0.25) is 0 Å². The molecule has 8 heteroatoms. The number of nitriles is 1. The molecule has 3 aromatic carbocycles. The summed E-state index contributed by atoms with van der Waals surface area (Å²) >= 11 is 0. The fourth-order valence-corrected chi connectivity index (χ4v) is 3.55. The number of anilines is 1. The van der Waals surface area contributed by atoms with Crippen LogP contribution in [0.1, 0.15) is 11.1 Å². The van der Waals surface area contributed by atoms with Crippen molar-refractivity contribution in [3.05, 3.63) is 89.5 Å². The first-order valence-electron chi connectivity index (χ1n) is 9.11. The van der Waals surface area contributed by atoms with Crippen molar-refractivity contribution in [2.45, 2.75) is 11.8 Å². The Morgan fingerprint density at radius 3 is 2.32 bits per heavy atom. The lowest BCUT2D eigenvalue weighted by atomic mass is 10.1. The minimum Gasteiger partial charge on any atom is -0.508 e. The average Bonchev–Trinajstić information content (AvgIpc) is 2.74. The van der Waals surface area contributed by atoms with Crippen LogP contribution in [0.15, 0.2) is 83.3 Å². The zero-order valence-corrected chi connectivity index (χ0v) is 17.3. The second-order valence-electron chi connectivity index (χ2n) is 6.56. The van der Waals surface area contributed by atoms with Crippen LogP contribution in [0.4, 0.5) is 5.69 Å². The van der Waals surface area contributed by atoms with Gasteiger partial charge in [-0.3, -0.25) is 4.79 Å². The molecule has 0 aromatic heterocycles. The third kappa shape index (κ3) is 5.50. The third-order valence-corrected chi connectivity index (χ3v) is 5.47. The standard InChI is InChI=1S/C23H18N2O5S/c1-16-6-12-21(13-7-16)31(28,29)30-22-5-3-2-4-17(22)14-18(15-24)23(27)25-19-8-10-20(26)11-9-19/h2-14,26H,1H3,(H,25,27)/b18-14+. The number of aryl methyl sites for hydroxylation is 1. The molecule has 7 nitrogen and oxygen atoms in total. The van der Waals surface area contributed by atoms with Gasteiger partial charge in [-0.05, 0) is 55.5 Å². The molecule has 0 saturated heterocycles. The molecule has 0 unspecified atom stereocenters. The van der Waals surface area contributed by atoms with Crippen molar-refractivity contribution in [3.63, 3.8) is 0 Å². The van der Waals surface area contributed by atoms with Gasteiger partial charge in [0.1, 0.15) is 28.0 Å². The third-order valence-electron chi connectivity index (χ3n) is 4.22. The Bertz CT molecular complexity index is 1270. The molecule has 0 bridgehead atoms. The first kappa shape index (κ1) is 21.6. The van der Waals surface area contributed by atoms with Gasteiger partial charge in [-0.1, -0.05) is 35.9 Å². The lowest BCUT2D eigenvalue weighted by Gasteiger charge is -2.10. The number of carbonyl (C=O) groups is 1. The minimum absolute atomic E-state index is 0.0116. The smallest absolute Gasteiger partial charge is 0.339 e. The van der Waals surface area contributed by atoms with Crippen molar-refractivity contribution < 1.29 is 22.5 Å². The van der Waals surface area contributed by atoms with Crippen LogP contribution in [0, 0.1) is 18.3 Å². The highest BCUT2D eigenvalue weighted by Crippen LogP contribution is 2.25. The topological polar surface area (TPSA) is 116 Å². The summed E-state index contributed by atoms with van der Waals surface area (Å²) < 4.78 is 30.5. The Morgan fingerprint density at radius 2 is 1.68 bits per heavy atom.